The minimum atomic E-state index is -0.552. The average Bonchev–Trinajstić information content (AvgIpc) is 2.87. The third-order valence-electron chi connectivity index (χ3n) is 6.11. The normalized spacial score (nSPS) is 14.7. The minimum absolute atomic E-state index is 0.140. The molecule has 0 radical (unpaired) electrons. The largest absolute Gasteiger partial charge is 0.497 e. The van der Waals surface area contributed by atoms with E-state index in [1.165, 1.54) is 19.3 Å². The molecular formula is C26H35N3O4. The van der Waals surface area contributed by atoms with E-state index >= 15 is 0 Å². The van der Waals surface area contributed by atoms with Crippen molar-refractivity contribution in [2.45, 2.75) is 44.6 Å². The molecule has 1 saturated carbocycles. The molecule has 3 N–H and O–H groups in total. The highest BCUT2D eigenvalue weighted by Crippen LogP contribution is 2.27. The van der Waals surface area contributed by atoms with E-state index in [1.807, 2.05) is 24.3 Å². The van der Waals surface area contributed by atoms with Gasteiger partial charge in [0.1, 0.15) is 17.5 Å². The zero-order chi connectivity index (χ0) is 23.5. The molecule has 0 aromatic heterocycles. The summed E-state index contributed by atoms with van der Waals surface area (Å²) >= 11 is 0. The molecule has 1 fully saturated rings. The van der Waals surface area contributed by atoms with E-state index in [1.54, 1.807) is 38.5 Å². The summed E-state index contributed by atoms with van der Waals surface area (Å²) in [6, 6.07) is 14.0. The minimum Gasteiger partial charge on any atom is -0.497 e. The molecule has 33 heavy (non-hydrogen) atoms. The molecule has 1 atom stereocenters. The van der Waals surface area contributed by atoms with Crippen molar-refractivity contribution in [3.63, 3.8) is 0 Å². The maximum atomic E-state index is 13.0. The average molecular weight is 454 g/mol. The van der Waals surface area contributed by atoms with Crippen LogP contribution in [0, 0.1) is 5.92 Å². The van der Waals surface area contributed by atoms with Crippen molar-refractivity contribution in [2.24, 2.45) is 5.92 Å². The zero-order valence-corrected chi connectivity index (χ0v) is 19.6. The van der Waals surface area contributed by atoms with Crippen LogP contribution in [0.2, 0.25) is 0 Å². The highest BCUT2D eigenvalue weighted by molar-refractivity contribution is 5.97. The monoisotopic (exact) mass is 453 g/mol. The summed E-state index contributed by atoms with van der Waals surface area (Å²) in [5.74, 6) is 1.56. The number of carbonyl (C=O) groups is 2. The number of carbonyl (C=O) groups excluding carboxylic acids is 2. The molecular weight excluding hydrogens is 418 g/mol. The van der Waals surface area contributed by atoms with Crippen LogP contribution in [0.4, 0.5) is 5.69 Å². The first-order valence-corrected chi connectivity index (χ1v) is 11.7. The Labute approximate surface area is 196 Å². The third kappa shape index (κ3) is 7.70. The van der Waals surface area contributed by atoms with Gasteiger partial charge in [-0.3, -0.25) is 9.59 Å². The van der Waals surface area contributed by atoms with E-state index in [4.69, 9.17) is 9.47 Å². The standard InChI is InChI=1S/C26H35N3O4/c1-32-22-12-8-20(9-13-22)25(30)29-24(18-19-6-4-3-5-7-19)26(31)28-17-16-27-21-10-14-23(33-2)15-11-21/h8-15,19,24,27H,3-7,16-18H2,1-2H3,(H,28,31)(H,29,30)/t24-/m0/s1. The van der Waals surface area contributed by atoms with Crippen molar-refractivity contribution in [1.82, 2.24) is 10.6 Å². The van der Waals surface area contributed by atoms with Gasteiger partial charge in [0.05, 0.1) is 14.2 Å². The number of nitrogens with one attached hydrogen (secondary N) is 3. The number of amides is 2. The van der Waals surface area contributed by atoms with Gasteiger partial charge in [0.15, 0.2) is 0 Å². The summed E-state index contributed by atoms with van der Waals surface area (Å²) in [4.78, 5) is 25.8. The molecule has 0 heterocycles. The van der Waals surface area contributed by atoms with E-state index in [0.717, 1.165) is 24.3 Å². The Bertz CT molecular complexity index is 877. The molecule has 0 bridgehead atoms. The zero-order valence-electron chi connectivity index (χ0n) is 19.6. The van der Waals surface area contributed by atoms with Crippen LogP contribution in [0.15, 0.2) is 48.5 Å². The predicted molar refractivity (Wildman–Crippen MR) is 130 cm³/mol. The second-order valence-electron chi connectivity index (χ2n) is 8.44. The molecule has 2 aromatic carbocycles. The Kier molecular flexibility index (Phi) is 9.42. The summed E-state index contributed by atoms with van der Waals surface area (Å²) < 4.78 is 10.3. The maximum Gasteiger partial charge on any atom is 0.251 e. The van der Waals surface area contributed by atoms with Crippen LogP contribution in [0.3, 0.4) is 0 Å². The fraction of sp³-hybridized carbons (Fsp3) is 0.462. The Morgan fingerprint density at radius 3 is 2.09 bits per heavy atom. The molecule has 0 saturated heterocycles. The van der Waals surface area contributed by atoms with Gasteiger partial charge in [0, 0.05) is 24.3 Å². The van der Waals surface area contributed by atoms with Gasteiger partial charge in [-0.1, -0.05) is 32.1 Å². The molecule has 2 aromatic rings. The van der Waals surface area contributed by atoms with Crippen LogP contribution in [0.5, 0.6) is 11.5 Å². The summed E-state index contributed by atoms with van der Waals surface area (Å²) in [6.07, 6.45) is 6.53. The Morgan fingerprint density at radius 1 is 0.879 bits per heavy atom. The van der Waals surface area contributed by atoms with Gasteiger partial charge in [0.2, 0.25) is 5.91 Å². The third-order valence-corrected chi connectivity index (χ3v) is 6.11. The number of hydrogen-bond donors (Lipinski definition) is 3. The van der Waals surface area contributed by atoms with Crippen molar-refractivity contribution >= 4 is 17.5 Å². The number of hydrogen-bond acceptors (Lipinski definition) is 5. The van der Waals surface area contributed by atoms with Gasteiger partial charge >= 0.3 is 0 Å². The molecule has 3 rings (SSSR count). The number of methoxy groups -OCH3 is 2. The number of rotatable bonds is 11. The smallest absolute Gasteiger partial charge is 0.251 e. The van der Waals surface area contributed by atoms with E-state index in [-0.39, 0.29) is 11.8 Å². The van der Waals surface area contributed by atoms with Crippen LogP contribution in [0.25, 0.3) is 0 Å². The lowest BCUT2D eigenvalue weighted by Crippen LogP contribution is -2.48. The Hall–Kier alpha value is -3.22. The first kappa shape index (κ1) is 24.4. The van der Waals surface area contributed by atoms with E-state index in [0.29, 0.717) is 36.7 Å². The van der Waals surface area contributed by atoms with Gasteiger partial charge in [-0.25, -0.2) is 0 Å². The Morgan fingerprint density at radius 2 is 1.48 bits per heavy atom. The van der Waals surface area contributed by atoms with Gasteiger partial charge < -0.3 is 25.4 Å². The molecule has 7 heteroatoms. The van der Waals surface area contributed by atoms with Crippen molar-refractivity contribution < 1.29 is 19.1 Å². The van der Waals surface area contributed by atoms with Crippen LogP contribution < -0.4 is 25.4 Å². The Balaban J connectivity index is 1.54. The summed E-state index contributed by atoms with van der Waals surface area (Å²) in [5, 5.41) is 9.22. The van der Waals surface area contributed by atoms with Crippen molar-refractivity contribution in [1.29, 1.82) is 0 Å². The van der Waals surface area contributed by atoms with E-state index < -0.39 is 6.04 Å². The lowest BCUT2D eigenvalue weighted by atomic mass is 9.84. The van der Waals surface area contributed by atoms with Crippen LogP contribution >= 0.6 is 0 Å². The molecule has 0 unspecified atom stereocenters. The second-order valence-corrected chi connectivity index (χ2v) is 8.44. The van der Waals surface area contributed by atoms with Crippen molar-refractivity contribution in [3.05, 3.63) is 54.1 Å². The topological polar surface area (TPSA) is 88.7 Å². The molecule has 0 aliphatic heterocycles. The predicted octanol–water partition coefficient (Wildman–Crippen LogP) is 4.00. The first-order valence-electron chi connectivity index (χ1n) is 11.7. The molecule has 7 nitrogen and oxygen atoms in total. The van der Waals surface area contributed by atoms with Gasteiger partial charge in [-0.15, -0.1) is 0 Å². The fourth-order valence-corrected chi connectivity index (χ4v) is 4.20. The summed E-state index contributed by atoms with van der Waals surface area (Å²) in [5.41, 5.74) is 1.47. The van der Waals surface area contributed by atoms with Crippen LogP contribution in [-0.4, -0.2) is 45.2 Å². The summed E-state index contributed by atoms with van der Waals surface area (Å²) in [6.45, 7) is 1.05. The molecule has 2 amide bonds. The molecule has 1 aliphatic carbocycles. The van der Waals surface area contributed by atoms with Crippen LogP contribution in [-0.2, 0) is 4.79 Å². The highest BCUT2D eigenvalue weighted by atomic mass is 16.5. The van der Waals surface area contributed by atoms with E-state index in [2.05, 4.69) is 16.0 Å². The first-order chi connectivity index (χ1) is 16.1. The highest BCUT2D eigenvalue weighted by Gasteiger charge is 2.26. The van der Waals surface area contributed by atoms with Crippen LogP contribution in [0.1, 0.15) is 48.9 Å². The maximum absolute atomic E-state index is 13.0. The lowest BCUT2D eigenvalue weighted by molar-refractivity contribution is -0.123. The second kappa shape index (κ2) is 12.7. The summed E-state index contributed by atoms with van der Waals surface area (Å²) in [7, 11) is 3.22. The van der Waals surface area contributed by atoms with Crippen molar-refractivity contribution in [3.8, 4) is 11.5 Å². The van der Waals surface area contributed by atoms with Gasteiger partial charge in [-0.05, 0) is 60.9 Å². The number of benzene rings is 2. The fourth-order valence-electron chi connectivity index (χ4n) is 4.20. The van der Waals surface area contributed by atoms with E-state index in [9.17, 15) is 9.59 Å². The quantitative estimate of drug-likeness (QED) is 0.448. The lowest BCUT2D eigenvalue weighted by Gasteiger charge is -2.26. The molecule has 0 spiro atoms. The van der Waals surface area contributed by atoms with Gasteiger partial charge in [0.25, 0.3) is 5.91 Å². The molecule has 1 aliphatic rings. The number of anilines is 1. The molecule has 178 valence electrons. The van der Waals surface area contributed by atoms with Crippen molar-refractivity contribution in [2.75, 3.05) is 32.6 Å². The number of ether oxygens (including phenoxy) is 2. The SMILES string of the molecule is COc1ccc(NCCNC(=O)[C@H](CC2CCCCC2)NC(=O)c2ccc(OC)cc2)cc1. The van der Waals surface area contributed by atoms with Gasteiger partial charge in [-0.2, -0.15) is 0 Å².